The molecule has 0 aliphatic carbocycles. The van der Waals surface area contributed by atoms with Gasteiger partial charge in [-0.05, 0) is 19.4 Å². The van der Waals surface area contributed by atoms with E-state index in [1.54, 1.807) is 26.4 Å². The molecule has 1 aromatic carbocycles. The van der Waals surface area contributed by atoms with Crippen LogP contribution in [0.4, 0.5) is 0 Å². The summed E-state index contributed by atoms with van der Waals surface area (Å²) in [4.78, 5) is 0. The van der Waals surface area contributed by atoms with Crippen LogP contribution in [-0.4, -0.2) is 25.9 Å². The molecule has 0 saturated carbocycles. The highest BCUT2D eigenvalue weighted by atomic mass is 16.5. The predicted octanol–water partition coefficient (Wildman–Crippen LogP) is 1.83. The van der Waals surface area contributed by atoms with Crippen molar-refractivity contribution in [1.82, 2.24) is 5.32 Å². The predicted molar refractivity (Wildman–Crippen MR) is 61.2 cm³/mol. The molecule has 1 saturated heterocycles. The van der Waals surface area contributed by atoms with Crippen LogP contribution < -0.4 is 14.8 Å². The van der Waals surface area contributed by atoms with Gasteiger partial charge in [0.25, 0.3) is 0 Å². The summed E-state index contributed by atoms with van der Waals surface area (Å²) in [5.74, 6) is 1.52. The molecule has 0 radical (unpaired) electrons. The molecule has 1 aliphatic rings. The van der Waals surface area contributed by atoms with Crippen LogP contribution in [0.1, 0.15) is 24.4 Å². The Bertz CT molecular complexity index is 373. The van der Waals surface area contributed by atoms with Crippen LogP contribution in [0.15, 0.2) is 12.1 Å². The Morgan fingerprint density at radius 1 is 1.31 bits per heavy atom. The molecule has 4 heteroatoms. The molecule has 1 atom stereocenters. The quantitative estimate of drug-likeness (QED) is 0.821. The highest BCUT2D eigenvalue weighted by Gasteiger charge is 2.24. The van der Waals surface area contributed by atoms with E-state index in [9.17, 15) is 5.11 Å². The van der Waals surface area contributed by atoms with E-state index in [2.05, 4.69) is 5.32 Å². The first kappa shape index (κ1) is 11.1. The van der Waals surface area contributed by atoms with E-state index in [-0.39, 0.29) is 11.8 Å². The van der Waals surface area contributed by atoms with Crippen molar-refractivity contribution < 1.29 is 14.6 Å². The van der Waals surface area contributed by atoms with Gasteiger partial charge in [0, 0.05) is 18.2 Å². The molecule has 1 aromatic rings. The lowest BCUT2D eigenvalue weighted by Gasteiger charge is -2.17. The minimum Gasteiger partial charge on any atom is -0.507 e. The standard InChI is InChI=1S/C12H17NO3/c1-15-8-6-10(14)12(11(7-8)16-2)9-4-3-5-13-9/h6-7,9,13-14H,3-5H2,1-2H3. The lowest BCUT2D eigenvalue weighted by atomic mass is 10.0. The number of ether oxygens (including phenoxy) is 2. The molecule has 4 nitrogen and oxygen atoms in total. The summed E-state index contributed by atoms with van der Waals surface area (Å²) in [6.07, 6.45) is 2.15. The normalized spacial score (nSPS) is 19.8. The average Bonchev–Trinajstić information content (AvgIpc) is 2.81. The Balaban J connectivity index is 2.41. The van der Waals surface area contributed by atoms with E-state index in [1.807, 2.05) is 0 Å². The third-order valence-electron chi connectivity index (χ3n) is 2.96. The zero-order chi connectivity index (χ0) is 11.5. The Morgan fingerprint density at radius 2 is 2.12 bits per heavy atom. The third-order valence-corrected chi connectivity index (χ3v) is 2.96. The van der Waals surface area contributed by atoms with Crippen molar-refractivity contribution in [2.24, 2.45) is 0 Å². The van der Waals surface area contributed by atoms with Gasteiger partial charge in [0.05, 0.1) is 19.8 Å². The van der Waals surface area contributed by atoms with E-state index in [0.717, 1.165) is 24.9 Å². The molecule has 2 N–H and O–H groups in total. The molecule has 1 unspecified atom stereocenters. The fraction of sp³-hybridized carbons (Fsp3) is 0.500. The maximum atomic E-state index is 9.99. The van der Waals surface area contributed by atoms with Crippen molar-refractivity contribution in [2.75, 3.05) is 20.8 Å². The summed E-state index contributed by atoms with van der Waals surface area (Å²) in [6.45, 7) is 0.985. The van der Waals surface area contributed by atoms with Crippen LogP contribution in [-0.2, 0) is 0 Å². The minimum atomic E-state index is 0.181. The second-order valence-corrected chi connectivity index (χ2v) is 3.91. The van der Waals surface area contributed by atoms with Gasteiger partial charge in [-0.15, -0.1) is 0 Å². The molecule has 1 fully saturated rings. The highest BCUT2D eigenvalue weighted by Crippen LogP contribution is 2.40. The van der Waals surface area contributed by atoms with Crippen molar-refractivity contribution in [1.29, 1.82) is 0 Å². The maximum absolute atomic E-state index is 9.99. The van der Waals surface area contributed by atoms with Crippen LogP contribution in [0.25, 0.3) is 0 Å². The van der Waals surface area contributed by atoms with Crippen LogP contribution in [0.5, 0.6) is 17.2 Å². The van der Waals surface area contributed by atoms with Crippen molar-refractivity contribution in [3.05, 3.63) is 17.7 Å². The number of nitrogens with one attached hydrogen (secondary N) is 1. The number of rotatable bonds is 3. The summed E-state index contributed by atoms with van der Waals surface area (Å²) in [6, 6.07) is 3.60. The third kappa shape index (κ3) is 1.93. The molecular formula is C12H17NO3. The molecule has 1 heterocycles. The summed E-state index contributed by atoms with van der Waals surface area (Å²) in [5, 5.41) is 13.3. The summed E-state index contributed by atoms with van der Waals surface area (Å²) < 4.78 is 10.4. The Hall–Kier alpha value is -1.42. The van der Waals surface area contributed by atoms with Crippen LogP contribution in [0.3, 0.4) is 0 Å². The zero-order valence-corrected chi connectivity index (χ0v) is 9.62. The second kappa shape index (κ2) is 4.61. The fourth-order valence-electron chi connectivity index (χ4n) is 2.16. The van der Waals surface area contributed by atoms with Crippen molar-refractivity contribution in [3.8, 4) is 17.2 Å². The maximum Gasteiger partial charge on any atom is 0.131 e. The topological polar surface area (TPSA) is 50.7 Å². The molecular weight excluding hydrogens is 206 g/mol. The van der Waals surface area contributed by atoms with Crippen LogP contribution in [0.2, 0.25) is 0 Å². The Labute approximate surface area is 95.2 Å². The molecule has 2 rings (SSSR count). The highest BCUT2D eigenvalue weighted by molar-refractivity contribution is 5.51. The average molecular weight is 223 g/mol. The van der Waals surface area contributed by atoms with E-state index < -0.39 is 0 Å². The van der Waals surface area contributed by atoms with Gasteiger partial charge in [-0.1, -0.05) is 0 Å². The van der Waals surface area contributed by atoms with Gasteiger partial charge in [-0.2, -0.15) is 0 Å². The van der Waals surface area contributed by atoms with Gasteiger partial charge < -0.3 is 19.9 Å². The lowest BCUT2D eigenvalue weighted by Crippen LogP contribution is -2.14. The first-order chi connectivity index (χ1) is 7.76. The number of benzene rings is 1. The van der Waals surface area contributed by atoms with Crippen molar-refractivity contribution in [3.63, 3.8) is 0 Å². The number of phenols is 1. The fourth-order valence-corrected chi connectivity index (χ4v) is 2.16. The Morgan fingerprint density at radius 3 is 2.69 bits per heavy atom. The molecule has 0 bridgehead atoms. The molecule has 0 aromatic heterocycles. The van der Waals surface area contributed by atoms with Gasteiger partial charge in [0.15, 0.2) is 0 Å². The summed E-state index contributed by atoms with van der Waals surface area (Å²) >= 11 is 0. The second-order valence-electron chi connectivity index (χ2n) is 3.91. The van der Waals surface area contributed by atoms with Crippen LogP contribution in [0, 0.1) is 0 Å². The number of methoxy groups -OCH3 is 2. The zero-order valence-electron chi connectivity index (χ0n) is 9.62. The SMILES string of the molecule is COc1cc(O)c(C2CCCN2)c(OC)c1. The molecule has 88 valence electrons. The van der Waals surface area contributed by atoms with E-state index in [1.165, 1.54) is 0 Å². The van der Waals surface area contributed by atoms with E-state index in [4.69, 9.17) is 9.47 Å². The number of hydrogen-bond acceptors (Lipinski definition) is 4. The lowest BCUT2D eigenvalue weighted by molar-refractivity contribution is 0.372. The number of aromatic hydroxyl groups is 1. The minimum absolute atomic E-state index is 0.181. The van der Waals surface area contributed by atoms with E-state index >= 15 is 0 Å². The van der Waals surface area contributed by atoms with Gasteiger partial charge in [0.2, 0.25) is 0 Å². The molecule has 1 aliphatic heterocycles. The van der Waals surface area contributed by atoms with Crippen molar-refractivity contribution in [2.45, 2.75) is 18.9 Å². The molecule has 0 amide bonds. The smallest absolute Gasteiger partial charge is 0.131 e. The molecule has 0 spiro atoms. The van der Waals surface area contributed by atoms with Gasteiger partial charge in [-0.3, -0.25) is 0 Å². The number of phenolic OH excluding ortho intramolecular Hbond substituents is 1. The Kier molecular flexibility index (Phi) is 3.19. The first-order valence-corrected chi connectivity index (χ1v) is 5.44. The van der Waals surface area contributed by atoms with Crippen LogP contribution >= 0.6 is 0 Å². The summed E-state index contributed by atoms with van der Waals surface area (Å²) in [7, 11) is 3.17. The van der Waals surface area contributed by atoms with Gasteiger partial charge >= 0.3 is 0 Å². The number of hydrogen-bond donors (Lipinski definition) is 2. The van der Waals surface area contributed by atoms with Gasteiger partial charge in [-0.25, -0.2) is 0 Å². The van der Waals surface area contributed by atoms with E-state index in [0.29, 0.717) is 11.5 Å². The molecule has 16 heavy (non-hydrogen) atoms. The largest absolute Gasteiger partial charge is 0.507 e. The summed E-state index contributed by atoms with van der Waals surface area (Å²) in [5.41, 5.74) is 0.834. The monoisotopic (exact) mass is 223 g/mol. The first-order valence-electron chi connectivity index (χ1n) is 5.44. The van der Waals surface area contributed by atoms with Crippen molar-refractivity contribution >= 4 is 0 Å². The van der Waals surface area contributed by atoms with Gasteiger partial charge in [0.1, 0.15) is 17.2 Å².